The third-order valence-corrected chi connectivity index (χ3v) is 3.05. The molecule has 0 saturated carbocycles. The molecule has 3 heteroatoms. The van der Waals surface area contributed by atoms with Crippen LogP contribution in [0.5, 0.6) is 0 Å². The molecular weight excluding hydrogens is 188 g/mol. The molecule has 1 fully saturated rings. The Balaban J connectivity index is 1.95. The molecule has 0 radical (unpaired) electrons. The van der Waals surface area contributed by atoms with Crippen LogP contribution in [0.25, 0.3) is 0 Å². The molecule has 1 aromatic heterocycles. The summed E-state index contributed by atoms with van der Waals surface area (Å²) in [4.78, 5) is 4.02. The van der Waals surface area contributed by atoms with E-state index in [2.05, 4.69) is 36.3 Å². The molecule has 1 aliphatic heterocycles. The summed E-state index contributed by atoms with van der Waals surface area (Å²) >= 11 is 0. The normalized spacial score (nSPS) is 27.9. The van der Waals surface area contributed by atoms with Crippen molar-refractivity contribution in [3.05, 3.63) is 30.1 Å². The van der Waals surface area contributed by atoms with Gasteiger partial charge in [-0.25, -0.2) is 0 Å². The van der Waals surface area contributed by atoms with Crippen LogP contribution in [0.15, 0.2) is 24.5 Å². The first-order valence-electron chi connectivity index (χ1n) is 5.55. The van der Waals surface area contributed by atoms with Crippen molar-refractivity contribution < 1.29 is 4.74 Å². The molecule has 0 spiro atoms. The maximum atomic E-state index is 5.53. The lowest BCUT2D eigenvalue weighted by Gasteiger charge is -2.21. The average Bonchev–Trinajstić information content (AvgIpc) is 2.66. The van der Waals surface area contributed by atoms with E-state index in [-0.39, 0.29) is 0 Å². The SMILES string of the molecule is CC1OCCC1N[C@H](C)c1ccncc1. The van der Waals surface area contributed by atoms with E-state index in [1.54, 1.807) is 0 Å². The van der Waals surface area contributed by atoms with E-state index in [0.717, 1.165) is 13.0 Å². The summed E-state index contributed by atoms with van der Waals surface area (Å²) in [5, 5.41) is 3.59. The molecule has 2 rings (SSSR count). The predicted octanol–water partition coefficient (Wildman–Crippen LogP) is 1.91. The van der Waals surface area contributed by atoms with Gasteiger partial charge in [-0.05, 0) is 38.0 Å². The van der Waals surface area contributed by atoms with Crippen molar-refractivity contribution in [3.8, 4) is 0 Å². The number of aromatic nitrogens is 1. The summed E-state index contributed by atoms with van der Waals surface area (Å²) in [7, 11) is 0. The topological polar surface area (TPSA) is 34.1 Å². The molecule has 1 saturated heterocycles. The van der Waals surface area contributed by atoms with E-state index in [0.29, 0.717) is 18.2 Å². The Labute approximate surface area is 90.9 Å². The van der Waals surface area contributed by atoms with Gasteiger partial charge in [0.25, 0.3) is 0 Å². The van der Waals surface area contributed by atoms with Crippen molar-refractivity contribution in [2.45, 2.75) is 38.5 Å². The lowest BCUT2D eigenvalue weighted by Crippen LogP contribution is -2.36. The first-order valence-corrected chi connectivity index (χ1v) is 5.55. The van der Waals surface area contributed by atoms with Crippen LogP contribution >= 0.6 is 0 Å². The van der Waals surface area contributed by atoms with Gasteiger partial charge in [0.2, 0.25) is 0 Å². The molecule has 3 atom stereocenters. The van der Waals surface area contributed by atoms with Crippen LogP contribution in [0.3, 0.4) is 0 Å². The van der Waals surface area contributed by atoms with Crippen molar-refractivity contribution >= 4 is 0 Å². The summed E-state index contributed by atoms with van der Waals surface area (Å²) < 4.78 is 5.53. The second-order valence-corrected chi connectivity index (χ2v) is 4.14. The molecule has 1 N–H and O–H groups in total. The maximum absolute atomic E-state index is 5.53. The van der Waals surface area contributed by atoms with Crippen LogP contribution in [-0.4, -0.2) is 23.7 Å². The molecule has 3 nitrogen and oxygen atoms in total. The first-order chi connectivity index (χ1) is 7.27. The Bertz CT molecular complexity index is 302. The van der Waals surface area contributed by atoms with Crippen molar-refractivity contribution in [3.63, 3.8) is 0 Å². The van der Waals surface area contributed by atoms with E-state index in [9.17, 15) is 0 Å². The Morgan fingerprint density at radius 1 is 1.47 bits per heavy atom. The standard InChI is InChI=1S/C12H18N2O/c1-9(11-3-6-13-7-4-11)14-12-5-8-15-10(12)2/h3-4,6-7,9-10,12,14H,5,8H2,1-2H3/t9-,10?,12?/m1/s1. The molecule has 1 aromatic rings. The largest absolute Gasteiger partial charge is 0.377 e. The molecule has 0 aliphatic carbocycles. The Morgan fingerprint density at radius 2 is 2.20 bits per heavy atom. The highest BCUT2D eigenvalue weighted by Crippen LogP contribution is 2.18. The quantitative estimate of drug-likeness (QED) is 0.820. The minimum Gasteiger partial charge on any atom is -0.377 e. The summed E-state index contributed by atoms with van der Waals surface area (Å²) in [5.41, 5.74) is 1.28. The zero-order valence-corrected chi connectivity index (χ0v) is 9.31. The van der Waals surface area contributed by atoms with Gasteiger partial charge in [-0.3, -0.25) is 4.98 Å². The summed E-state index contributed by atoms with van der Waals surface area (Å²) in [6.07, 6.45) is 5.11. The molecule has 0 amide bonds. The number of nitrogens with one attached hydrogen (secondary N) is 1. The van der Waals surface area contributed by atoms with Gasteiger partial charge in [0.15, 0.2) is 0 Å². The zero-order chi connectivity index (χ0) is 10.7. The fourth-order valence-corrected chi connectivity index (χ4v) is 2.02. The maximum Gasteiger partial charge on any atom is 0.0700 e. The van der Waals surface area contributed by atoms with Gasteiger partial charge in [-0.15, -0.1) is 0 Å². The molecule has 82 valence electrons. The van der Waals surface area contributed by atoms with E-state index in [1.807, 2.05) is 12.4 Å². The first kappa shape index (κ1) is 10.6. The van der Waals surface area contributed by atoms with Gasteiger partial charge in [0.05, 0.1) is 6.10 Å². The van der Waals surface area contributed by atoms with Crippen LogP contribution in [-0.2, 0) is 4.74 Å². The number of hydrogen-bond acceptors (Lipinski definition) is 3. The third-order valence-electron chi connectivity index (χ3n) is 3.05. The number of pyridine rings is 1. The highest BCUT2D eigenvalue weighted by atomic mass is 16.5. The van der Waals surface area contributed by atoms with Crippen LogP contribution in [0.4, 0.5) is 0 Å². The molecule has 1 aliphatic rings. The van der Waals surface area contributed by atoms with Crippen LogP contribution in [0.1, 0.15) is 31.9 Å². The zero-order valence-electron chi connectivity index (χ0n) is 9.31. The van der Waals surface area contributed by atoms with Gasteiger partial charge < -0.3 is 10.1 Å². The molecule has 2 unspecified atom stereocenters. The second-order valence-electron chi connectivity index (χ2n) is 4.14. The second kappa shape index (κ2) is 4.73. The number of hydrogen-bond donors (Lipinski definition) is 1. The summed E-state index contributed by atoms with van der Waals surface area (Å²) in [6, 6.07) is 4.95. The van der Waals surface area contributed by atoms with Crippen molar-refractivity contribution in [2.24, 2.45) is 0 Å². The molecule has 2 heterocycles. The monoisotopic (exact) mass is 206 g/mol. The van der Waals surface area contributed by atoms with E-state index in [1.165, 1.54) is 5.56 Å². The number of nitrogens with zero attached hydrogens (tertiary/aromatic N) is 1. The van der Waals surface area contributed by atoms with Gasteiger partial charge in [0, 0.05) is 31.1 Å². The fourth-order valence-electron chi connectivity index (χ4n) is 2.02. The van der Waals surface area contributed by atoms with Crippen molar-refractivity contribution in [2.75, 3.05) is 6.61 Å². The molecule has 0 aromatic carbocycles. The average molecular weight is 206 g/mol. The van der Waals surface area contributed by atoms with Crippen molar-refractivity contribution in [1.82, 2.24) is 10.3 Å². The van der Waals surface area contributed by atoms with Gasteiger partial charge in [-0.1, -0.05) is 0 Å². The minimum atomic E-state index is 0.328. The van der Waals surface area contributed by atoms with Crippen molar-refractivity contribution in [1.29, 1.82) is 0 Å². The Morgan fingerprint density at radius 3 is 2.80 bits per heavy atom. The Hall–Kier alpha value is -0.930. The van der Waals surface area contributed by atoms with Crippen LogP contribution in [0, 0.1) is 0 Å². The van der Waals surface area contributed by atoms with E-state index in [4.69, 9.17) is 4.74 Å². The van der Waals surface area contributed by atoms with Gasteiger partial charge in [-0.2, -0.15) is 0 Å². The molecule has 15 heavy (non-hydrogen) atoms. The smallest absolute Gasteiger partial charge is 0.0700 e. The van der Waals surface area contributed by atoms with E-state index >= 15 is 0 Å². The lowest BCUT2D eigenvalue weighted by molar-refractivity contribution is 0.111. The number of rotatable bonds is 3. The number of ether oxygens (including phenoxy) is 1. The van der Waals surface area contributed by atoms with Crippen LogP contribution in [0.2, 0.25) is 0 Å². The molecular formula is C12H18N2O. The van der Waals surface area contributed by atoms with Gasteiger partial charge >= 0.3 is 0 Å². The lowest BCUT2D eigenvalue weighted by atomic mass is 10.1. The fraction of sp³-hybridized carbons (Fsp3) is 0.583. The third kappa shape index (κ3) is 2.55. The van der Waals surface area contributed by atoms with E-state index < -0.39 is 0 Å². The molecule has 0 bridgehead atoms. The minimum absolute atomic E-state index is 0.328. The Kier molecular flexibility index (Phi) is 3.34. The van der Waals surface area contributed by atoms with Gasteiger partial charge in [0.1, 0.15) is 0 Å². The summed E-state index contributed by atoms with van der Waals surface area (Å²) in [5.74, 6) is 0. The highest BCUT2D eigenvalue weighted by molar-refractivity contribution is 5.14. The van der Waals surface area contributed by atoms with Crippen LogP contribution < -0.4 is 5.32 Å². The predicted molar refractivity (Wildman–Crippen MR) is 59.6 cm³/mol. The summed E-state index contributed by atoms with van der Waals surface area (Å²) in [6.45, 7) is 5.19. The highest BCUT2D eigenvalue weighted by Gasteiger charge is 2.25.